The number of benzene rings is 1. The Balaban J connectivity index is 2.12. The van der Waals surface area contributed by atoms with Gasteiger partial charge in [0.05, 0.1) is 25.8 Å². The van der Waals surface area contributed by atoms with E-state index in [1.54, 1.807) is 25.1 Å². The molecule has 0 aliphatic rings. The summed E-state index contributed by atoms with van der Waals surface area (Å²) in [6.45, 7) is 4.41. The number of carbonyl (C=O) groups is 1. The summed E-state index contributed by atoms with van der Waals surface area (Å²) in [6.07, 6.45) is 1.31. The summed E-state index contributed by atoms with van der Waals surface area (Å²) in [5.74, 6) is -0.590. The topological polar surface area (TPSA) is 73.3 Å². The number of amides is 1. The lowest BCUT2D eigenvalue weighted by Crippen LogP contribution is -2.17. The van der Waals surface area contributed by atoms with Gasteiger partial charge < -0.3 is 14.8 Å². The number of hydrogen-bond acceptors (Lipinski definition) is 5. The van der Waals surface area contributed by atoms with Gasteiger partial charge in [0.2, 0.25) is 11.8 Å². The zero-order valence-corrected chi connectivity index (χ0v) is 13.0. The van der Waals surface area contributed by atoms with Crippen molar-refractivity contribution in [3.05, 3.63) is 41.8 Å². The van der Waals surface area contributed by atoms with Crippen molar-refractivity contribution in [3.63, 3.8) is 0 Å². The number of hydrogen-bond donors (Lipinski definition) is 1. The summed E-state index contributed by atoms with van der Waals surface area (Å²) < 4.78 is 24.2. The first-order chi connectivity index (χ1) is 11.1. The Morgan fingerprint density at radius 3 is 2.65 bits per heavy atom. The molecule has 1 aromatic carbocycles. The van der Waals surface area contributed by atoms with Crippen LogP contribution in [0.4, 0.5) is 10.1 Å². The van der Waals surface area contributed by atoms with Crippen LogP contribution in [-0.2, 0) is 11.2 Å². The first-order valence-corrected chi connectivity index (χ1v) is 7.30. The van der Waals surface area contributed by atoms with Gasteiger partial charge in [0, 0.05) is 0 Å². The third-order valence-corrected chi connectivity index (χ3v) is 2.87. The molecule has 1 N–H and O–H groups in total. The maximum absolute atomic E-state index is 13.6. The van der Waals surface area contributed by atoms with Gasteiger partial charge in [0.1, 0.15) is 11.5 Å². The molecule has 0 saturated heterocycles. The molecule has 23 heavy (non-hydrogen) atoms. The Hall–Kier alpha value is -2.70. The zero-order chi connectivity index (χ0) is 16.7. The molecule has 2 aromatic rings. The monoisotopic (exact) mass is 319 g/mol. The van der Waals surface area contributed by atoms with Crippen LogP contribution in [0.15, 0.2) is 30.5 Å². The van der Waals surface area contributed by atoms with Crippen molar-refractivity contribution in [2.45, 2.75) is 20.3 Å². The largest absolute Gasteiger partial charge is 0.476 e. The fourth-order valence-electron chi connectivity index (χ4n) is 1.89. The van der Waals surface area contributed by atoms with Crippen LogP contribution in [0, 0.1) is 5.82 Å². The number of rotatable bonds is 7. The standard InChI is InChI=1S/C16H18FN3O3/c1-3-22-15-13(10-18-16(20-15)23-4-2)19-14(21)9-11-7-5-6-8-12(11)17/h5-8,10H,3-4,9H2,1-2H3,(H,19,21). The average Bonchev–Trinajstić information content (AvgIpc) is 2.53. The van der Waals surface area contributed by atoms with Gasteiger partial charge in [0.25, 0.3) is 0 Å². The lowest BCUT2D eigenvalue weighted by molar-refractivity contribution is -0.115. The number of ether oxygens (including phenoxy) is 2. The number of aromatic nitrogens is 2. The van der Waals surface area contributed by atoms with Crippen molar-refractivity contribution in [3.8, 4) is 11.9 Å². The lowest BCUT2D eigenvalue weighted by Gasteiger charge is -2.11. The van der Waals surface area contributed by atoms with Gasteiger partial charge in [-0.3, -0.25) is 4.79 Å². The average molecular weight is 319 g/mol. The predicted octanol–water partition coefficient (Wildman–Crippen LogP) is 2.59. The molecule has 0 aliphatic heterocycles. The number of anilines is 1. The second kappa shape index (κ2) is 8.07. The van der Waals surface area contributed by atoms with Gasteiger partial charge >= 0.3 is 6.01 Å². The Bertz CT molecular complexity index is 679. The van der Waals surface area contributed by atoms with Crippen LogP contribution in [0.1, 0.15) is 19.4 Å². The number of halogens is 1. The maximum Gasteiger partial charge on any atom is 0.319 e. The van der Waals surface area contributed by atoms with Crippen LogP contribution in [0.2, 0.25) is 0 Å². The van der Waals surface area contributed by atoms with E-state index in [0.717, 1.165) is 0 Å². The summed E-state index contributed by atoms with van der Waals surface area (Å²) >= 11 is 0. The van der Waals surface area contributed by atoms with Crippen molar-refractivity contribution in [1.82, 2.24) is 9.97 Å². The summed E-state index contributed by atoms with van der Waals surface area (Å²) in [5.41, 5.74) is 0.631. The van der Waals surface area contributed by atoms with E-state index in [9.17, 15) is 9.18 Å². The Morgan fingerprint density at radius 2 is 1.96 bits per heavy atom. The third kappa shape index (κ3) is 4.64. The fraction of sp³-hybridized carbons (Fsp3) is 0.312. The van der Waals surface area contributed by atoms with Crippen LogP contribution in [0.3, 0.4) is 0 Å². The molecule has 0 aliphatic carbocycles. The molecule has 1 heterocycles. The van der Waals surface area contributed by atoms with Crippen LogP contribution in [-0.4, -0.2) is 29.1 Å². The van der Waals surface area contributed by atoms with E-state index in [2.05, 4.69) is 15.3 Å². The molecule has 0 radical (unpaired) electrons. The van der Waals surface area contributed by atoms with Crippen molar-refractivity contribution in [2.75, 3.05) is 18.5 Å². The van der Waals surface area contributed by atoms with Gasteiger partial charge in [-0.05, 0) is 25.5 Å². The molecular weight excluding hydrogens is 301 g/mol. The lowest BCUT2D eigenvalue weighted by atomic mass is 10.1. The fourth-order valence-corrected chi connectivity index (χ4v) is 1.89. The molecule has 0 atom stereocenters. The molecule has 7 heteroatoms. The van der Waals surface area contributed by atoms with Crippen LogP contribution < -0.4 is 14.8 Å². The van der Waals surface area contributed by atoms with Gasteiger partial charge in [-0.15, -0.1) is 0 Å². The number of carbonyl (C=O) groups excluding carboxylic acids is 1. The Morgan fingerprint density at radius 1 is 1.22 bits per heavy atom. The molecule has 0 bridgehead atoms. The van der Waals surface area contributed by atoms with E-state index >= 15 is 0 Å². The summed E-state index contributed by atoms with van der Waals surface area (Å²) in [6, 6.07) is 6.30. The van der Waals surface area contributed by atoms with E-state index in [0.29, 0.717) is 24.5 Å². The van der Waals surface area contributed by atoms with Gasteiger partial charge in [-0.25, -0.2) is 9.37 Å². The predicted molar refractivity (Wildman–Crippen MR) is 83.1 cm³/mol. The quantitative estimate of drug-likeness (QED) is 0.849. The molecule has 1 amide bonds. The SMILES string of the molecule is CCOc1ncc(NC(=O)Cc2ccccc2F)c(OCC)n1. The molecule has 2 rings (SSSR count). The van der Waals surface area contributed by atoms with E-state index in [-0.39, 0.29) is 24.2 Å². The third-order valence-electron chi connectivity index (χ3n) is 2.87. The minimum atomic E-state index is -0.421. The minimum Gasteiger partial charge on any atom is -0.476 e. The molecular formula is C16H18FN3O3. The molecule has 0 unspecified atom stereocenters. The molecule has 1 aromatic heterocycles. The molecule has 0 spiro atoms. The highest BCUT2D eigenvalue weighted by Gasteiger charge is 2.14. The number of nitrogens with one attached hydrogen (secondary N) is 1. The van der Waals surface area contributed by atoms with Crippen LogP contribution in [0.5, 0.6) is 11.9 Å². The van der Waals surface area contributed by atoms with Crippen molar-refractivity contribution in [1.29, 1.82) is 0 Å². The normalized spacial score (nSPS) is 10.2. The smallest absolute Gasteiger partial charge is 0.319 e. The van der Waals surface area contributed by atoms with E-state index in [4.69, 9.17) is 9.47 Å². The first-order valence-electron chi connectivity index (χ1n) is 7.30. The van der Waals surface area contributed by atoms with Crippen molar-refractivity contribution < 1.29 is 18.7 Å². The van der Waals surface area contributed by atoms with Gasteiger partial charge in [-0.2, -0.15) is 4.98 Å². The Kier molecular flexibility index (Phi) is 5.85. The zero-order valence-electron chi connectivity index (χ0n) is 13.0. The molecule has 122 valence electrons. The summed E-state index contributed by atoms with van der Waals surface area (Å²) in [5, 5.41) is 2.63. The van der Waals surface area contributed by atoms with Gasteiger partial charge in [0.15, 0.2) is 0 Å². The second-order valence-electron chi connectivity index (χ2n) is 4.55. The first kappa shape index (κ1) is 16.7. The minimum absolute atomic E-state index is 0.0918. The second-order valence-corrected chi connectivity index (χ2v) is 4.55. The highest BCUT2D eigenvalue weighted by molar-refractivity contribution is 5.93. The maximum atomic E-state index is 13.6. The van der Waals surface area contributed by atoms with E-state index in [1.807, 2.05) is 6.92 Å². The summed E-state index contributed by atoms with van der Waals surface area (Å²) in [4.78, 5) is 20.2. The highest BCUT2D eigenvalue weighted by Crippen LogP contribution is 2.23. The summed E-state index contributed by atoms with van der Waals surface area (Å²) in [7, 11) is 0. The van der Waals surface area contributed by atoms with E-state index in [1.165, 1.54) is 12.3 Å². The molecule has 0 saturated carbocycles. The van der Waals surface area contributed by atoms with Gasteiger partial charge in [-0.1, -0.05) is 18.2 Å². The van der Waals surface area contributed by atoms with Crippen molar-refractivity contribution in [2.24, 2.45) is 0 Å². The van der Waals surface area contributed by atoms with Crippen LogP contribution >= 0.6 is 0 Å². The number of nitrogens with zero attached hydrogens (tertiary/aromatic N) is 2. The Labute approximate surface area is 133 Å². The van der Waals surface area contributed by atoms with E-state index < -0.39 is 5.82 Å². The molecule has 0 fully saturated rings. The highest BCUT2D eigenvalue weighted by atomic mass is 19.1. The van der Waals surface area contributed by atoms with Crippen molar-refractivity contribution >= 4 is 11.6 Å². The molecule has 6 nitrogen and oxygen atoms in total. The van der Waals surface area contributed by atoms with Crippen LogP contribution in [0.25, 0.3) is 0 Å².